The van der Waals surface area contributed by atoms with Gasteiger partial charge in [-0.1, -0.05) is 18.2 Å². The fourth-order valence-electron chi connectivity index (χ4n) is 3.81. The molecule has 36 heavy (non-hydrogen) atoms. The fraction of sp³-hybridized carbons (Fsp3) is 0.0769. The molecule has 1 amide bonds. The lowest BCUT2D eigenvalue weighted by molar-refractivity contribution is -0.384. The number of nitrogens with one attached hydrogen (secondary N) is 1. The lowest BCUT2D eigenvalue weighted by Gasteiger charge is -2.12. The van der Waals surface area contributed by atoms with Crippen LogP contribution in [0.2, 0.25) is 0 Å². The van der Waals surface area contributed by atoms with Crippen molar-refractivity contribution in [2.24, 2.45) is 7.05 Å². The van der Waals surface area contributed by atoms with E-state index in [1.165, 1.54) is 24.4 Å². The highest BCUT2D eigenvalue weighted by Gasteiger charge is 2.18. The number of nitro groups is 1. The van der Waals surface area contributed by atoms with Crippen LogP contribution in [0.4, 0.5) is 11.4 Å². The number of hydrogen-bond donors (Lipinski definition) is 1. The molecule has 0 aliphatic carbocycles. The molecule has 2 aromatic carbocycles. The van der Waals surface area contributed by atoms with Crippen molar-refractivity contribution in [3.05, 3.63) is 101 Å². The summed E-state index contributed by atoms with van der Waals surface area (Å²) < 4.78 is 7.46. The summed E-state index contributed by atoms with van der Waals surface area (Å²) in [6, 6.07) is 16.5. The van der Waals surface area contributed by atoms with Crippen LogP contribution in [-0.4, -0.2) is 30.6 Å². The van der Waals surface area contributed by atoms with Gasteiger partial charge in [0.05, 0.1) is 45.8 Å². The van der Waals surface area contributed by atoms with Crippen molar-refractivity contribution in [3.8, 4) is 22.8 Å². The maximum Gasteiger partial charge on any atom is 0.275 e. The molecule has 3 heterocycles. The van der Waals surface area contributed by atoms with Crippen molar-refractivity contribution < 1.29 is 14.5 Å². The van der Waals surface area contributed by atoms with Gasteiger partial charge in [-0.15, -0.1) is 0 Å². The third-order valence-corrected chi connectivity index (χ3v) is 5.70. The number of para-hydroxylation sites is 1. The number of nitrogens with zero attached hydrogens (tertiary/aromatic N) is 5. The summed E-state index contributed by atoms with van der Waals surface area (Å²) >= 11 is 0. The zero-order valence-electron chi connectivity index (χ0n) is 19.4. The molecule has 5 rings (SSSR count). The number of rotatable bonds is 6. The first-order chi connectivity index (χ1) is 17.4. The van der Waals surface area contributed by atoms with Gasteiger partial charge in [-0.2, -0.15) is 5.10 Å². The zero-order valence-corrected chi connectivity index (χ0v) is 19.4. The van der Waals surface area contributed by atoms with E-state index < -0.39 is 10.8 Å². The summed E-state index contributed by atoms with van der Waals surface area (Å²) in [7, 11) is 1.83. The third kappa shape index (κ3) is 4.47. The summed E-state index contributed by atoms with van der Waals surface area (Å²) in [4.78, 5) is 33.2. The normalized spacial score (nSPS) is 10.8. The minimum absolute atomic E-state index is 0.193. The summed E-state index contributed by atoms with van der Waals surface area (Å²) in [5.74, 6) is 0.162. The van der Waals surface area contributed by atoms with Gasteiger partial charge in [-0.25, -0.2) is 4.98 Å². The number of hydrogen-bond acceptors (Lipinski definition) is 7. The van der Waals surface area contributed by atoms with E-state index in [-0.39, 0.29) is 17.1 Å². The van der Waals surface area contributed by atoms with E-state index >= 15 is 0 Å². The van der Waals surface area contributed by atoms with Crippen LogP contribution in [0, 0.1) is 17.0 Å². The number of carbonyl (C=O) groups is 1. The van der Waals surface area contributed by atoms with Gasteiger partial charge in [0.15, 0.2) is 0 Å². The molecule has 10 nitrogen and oxygen atoms in total. The molecular formula is C26H20N6O4. The molecule has 0 saturated carbocycles. The Kier molecular flexibility index (Phi) is 5.83. The largest absolute Gasteiger partial charge is 0.455 e. The van der Waals surface area contributed by atoms with E-state index in [0.717, 1.165) is 11.3 Å². The first-order valence-corrected chi connectivity index (χ1v) is 11.0. The van der Waals surface area contributed by atoms with E-state index in [1.807, 2.05) is 38.2 Å². The van der Waals surface area contributed by atoms with Crippen LogP contribution in [0.5, 0.6) is 11.5 Å². The topological polar surface area (TPSA) is 125 Å². The Morgan fingerprint density at radius 1 is 1.06 bits per heavy atom. The van der Waals surface area contributed by atoms with E-state index in [1.54, 1.807) is 35.3 Å². The summed E-state index contributed by atoms with van der Waals surface area (Å²) in [6.45, 7) is 1.92. The number of pyridine rings is 2. The number of amides is 1. The first-order valence-electron chi connectivity index (χ1n) is 11.0. The highest BCUT2D eigenvalue weighted by Crippen LogP contribution is 2.31. The van der Waals surface area contributed by atoms with Gasteiger partial charge < -0.3 is 10.1 Å². The number of aromatic nitrogens is 4. The van der Waals surface area contributed by atoms with E-state index in [4.69, 9.17) is 9.72 Å². The third-order valence-electron chi connectivity index (χ3n) is 5.70. The molecule has 0 bridgehead atoms. The van der Waals surface area contributed by atoms with E-state index in [9.17, 15) is 14.9 Å². The number of benzene rings is 2. The van der Waals surface area contributed by atoms with Crippen LogP contribution in [-0.2, 0) is 7.05 Å². The van der Waals surface area contributed by atoms with Gasteiger partial charge >= 0.3 is 0 Å². The SMILES string of the molecule is Cc1c(-c2cc(C(=O)Nc3cc(Oc4cccnc4)cc([N+](=O)[O-])c3)c3ccccc3n2)cnn1C. The van der Waals surface area contributed by atoms with Crippen LogP contribution in [0.15, 0.2) is 79.3 Å². The number of carbonyl (C=O) groups excluding carboxylic acids is 1. The quantitative estimate of drug-likeness (QED) is 0.258. The second-order valence-electron chi connectivity index (χ2n) is 8.06. The monoisotopic (exact) mass is 480 g/mol. The van der Waals surface area contributed by atoms with Gasteiger partial charge in [-0.05, 0) is 31.2 Å². The number of ether oxygens (including phenoxy) is 1. The molecule has 0 spiro atoms. The van der Waals surface area contributed by atoms with Crippen LogP contribution < -0.4 is 10.1 Å². The van der Waals surface area contributed by atoms with Crippen molar-refractivity contribution >= 4 is 28.2 Å². The summed E-state index contributed by atoms with van der Waals surface area (Å²) in [6.07, 6.45) is 4.78. The first kappa shape index (κ1) is 22.7. The Bertz CT molecular complexity index is 1610. The van der Waals surface area contributed by atoms with Gasteiger partial charge in [0.2, 0.25) is 0 Å². The van der Waals surface area contributed by atoms with Gasteiger partial charge in [0.25, 0.3) is 11.6 Å². The minimum atomic E-state index is -0.545. The maximum absolute atomic E-state index is 13.5. The molecule has 0 fully saturated rings. The summed E-state index contributed by atoms with van der Waals surface area (Å²) in [5.41, 5.74) is 3.32. The molecule has 0 aliphatic heterocycles. The molecule has 1 N–H and O–H groups in total. The highest BCUT2D eigenvalue weighted by atomic mass is 16.6. The molecule has 3 aromatic heterocycles. The van der Waals surface area contributed by atoms with E-state index in [0.29, 0.717) is 27.9 Å². The lowest BCUT2D eigenvalue weighted by Crippen LogP contribution is -2.13. The predicted molar refractivity (Wildman–Crippen MR) is 134 cm³/mol. The van der Waals surface area contributed by atoms with Crippen LogP contribution >= 0.6 is 0 Å². The molecule has 5 aromatic rings. The van der Waals surface area contributed by atoms with Crippen molar-refractivity contribution in [1.82, 2.24) is 19.7 Å². The molecule has 10 heteroatoms. The van der Waals surface area contributed by atoms with Crippen molar-refractivity contribution in [1.29, 1.82) is 0 Å². The van der Waals surface area contributed by atoms with Gasteiger partial charge in [0, 0.05) is 42.0 Å². The summed E-state index contributed by atoms with van der Waals surface area (Å²) in [5, 5.41) is 19.2. The van der Waals surface area contributed by atoms with Crippen molar-refractivity contribution in [2.75, 3.05) is 5.32 Å². The predicted octanol–water partition coefficient (Wildman–Crippen LogP) is 5.29. The van der Waals surface area contributed by atoms with Crippen LogP contribution in [0.25, 0.3) is 22.2 Å². The number of nitro benzene ring substituents is 1. The lowest BCUT2D eigenvalue weighted by atomic mass is 10.0. The van der Waals surface area contributed by atoms with Gasteiger partial charge in [-0.3, -0.25) is 24.6 Å². The molecule has 0 saturated heterocycles. The number of non-ortho nitro benzene ring substituents is 1. The smallest absolute Gasteiger partial charge is 0.275 e. The molecule has 0 atom stereocenters. The fourth-order valence-corrected chi connectivity index (χ4v) is 3.81. The molecule has 0 unspecified atom stereocenters. The van der Waals surface area contributed by atoms with Crippen molar-refractivity contribution in [3.63, 3.8) is 0 Å². The second kappa shape index (κ2) is 9.26. The van der Waals surface area contributed by atoms with E-state index in [2.05, 4.69) is 15.4 Å². The number of anilines is 1. The molecular weight excluding hydrogens is 460 g/mol. The minimum Gasteiger partial charge on any atom is -0.455 e. The Hall–Kier alpha value is -5.12. The average Bonchev–Trinajstić information content (AvgIpc) is 3.21. The van der Waals surface area contributed by atoms with Gasteiger partial charge in [0.1, 0.15) is 11.5 Å². The standard InChI is InChI=1S/C26H20N6O4/c1-16-23(15-28-31(16)2)25-13-22(21-7-3-4-8-24(21)30-25)26(33)29-17-10-18(32(34)35)12-20(11-17)36-19-6-5-9-27-14-19/h3-15H,1-2H3,(H,29,33). The highest BCUT2D eigenvalue weighted by molar-refractivity contribution is 6.13. The average molecular weight is 480 g/mol. The van der Waals surface area contributed by atoms with Crippen LogP contribution in [0.3, 0.4) is 0 Å². The zero-order chi connectivity index (χ0) is 25.2. The van der Waals surface area contributed by atoms with Crippen molar-refractivity contribution in [2.45, 2.75) is 6.92 Å². The number of fused-ring (bicyclic) bond motifs is 1. The molecule has 0 aliphatic rings. The Balaban J connectivity index is 1.54. The van der Waals surface area contributed by atoms with Crippen LogP contribution in [0.1, 0.15) is 16.1 Å². The Labute approximate surface area is 205 Å². The Morgan fingerprint density at radius 3 is 2.61 bits per heavy atom. The molecule has 0 radical (unpaired) electrons. The molecule has 178 valence electrons. The second-order valence-corrected chi connectivity index (χ2v) is 8.06. The maximum atomic E-state index is 13.5. The number of aryl methyl sites for hydroxylation is 1. The Morgan fingerprint density at radius 2 is 1.89 bits per heavy atom.